The molecule has 0 saturated heterocycles. The Bertz CT molecular complexity index is 916. The number of fused-ring (bicyclic) bond motifs is 1. The molecule has 3 aromatic rings. The van der Waals surface area contributed by atoms with Crippen LogP contribution in [0.4, 0.5) is 0 Å². The molecule has 0 fully saturated rings. The first kappa shape index (κ1) is 14.4. The van der Waals surface area contributed by atoms with Gasteiger partial charge in [0.05, 0.1) is 17.3 Å². The first-order valence-corrected chi connectivity index (χ1v) is 7.00. The number of pyridine rings is 1. The summed E-state index contributed by atoms with van der Waals surface area (Å²) in [5, 5.41) is 0.988. The van der Waals surface area contributed by atoms with Gasteiger partial charge in [-0.3, -0.25) is 4.79 Å². The lowest BCUT2D eigenvalue weighted by Gasteiger charge is -2.09. The van der Waals surface area contributed by atoms with Crippen molar-refractivity contribution >= 4 is 28.5 Å². The van der Waals surface area contributed by atoms with Gasteiger partial charge in [0.15, 0.2) is 5.75 Å². The summed E-state index contributed by atoms with van der Waals surface area (Å²) in [5.74, 6) is -0.572. The second-order valence-electron chi connectivity index (χ2n) is 4.85. The number of hydrogen-bond donors (Lipinski definition) is 0. The number of aromatic nitrogens is 1. The molecule has 0 saturated carbocycles. The zero-order valence-corrected chi connectivity index (χ0v) is 12.5. The van der Waals surface area contributed by atoms with E-state index in [1.54, 1.807) is 60.1 Å². The summed E-state index contributed by atoms with van der Waals surface area (Å²) in [5.41, 5.74) is 0.729. The van der Waals surface area contributed by atoms with Crippen molar-refractivity contribution in [2.75, 3.05) is 0 Å². The SMILES string of the molecule is Cn1cc(OC(=O)c2ccccc2)c(=O)c2ccc(Cl)cc21. The van der Waals surface area contributed by atoms with Crippen molar-refractivity contribution in [3.05, 3.63) is 75.5 Å². The lowest BCUT2D eigenvalue weighted by molar-refractivity contribution is 0.0732. The third kappa shape index (κ3) is 2.61. The highest BCUT2D eigenvalue weighted by atomic mass is 35.5. The second kappa shape index (κ2) is 5.66. The molecule has 22 heavy (non-hydrogen) atoms. The van der Waals surface area contributed by atoms with E-state index in [9.17, 15) is 9.59 Å². The highest BCUT2D eigenvalue weighted by Gasteiger charge is 2.14. The van der Waals surface area contributed by atoms with E-state index in [0.29, 0.717) is 21.5 Å². The van der Waals surface area contributed by atoms with Crippen LogP contribution in [0, 0.1) is 0 Å². The first-order chi connectivity index (χ1) is 10.6. The van der Waals surface area contributed by atoms with E-state index in [0.717, 1.165) is 0 Å². The fourth-order valence-electron chi connectivity index (χ4n) is 2.23. The summed E-state index contributed by atoms with van der Waals surface area (Å²) >= 11 is 5.95. The van der Waals surface area contributed by atoms with Crippen molar-refractivity contribution in [3.8, 4) is 5.75 Å². The van der Waals surface area contributed by atoms with Crippen molar-refractivity contribution in [2.24, 2.45) is 7.05 Å². The molecule has 0 atom stereocenters. The summed E-state index contributed by atoms with van der Waals surface area (Å²) in [6.07, 6.45) is 1.49. The lowest BCUT2D eigenvalue weighted by atomic mass is 10.2. The predicted octanol–water partition coefficient (Wildman–Crippen LogP) is 3.41. The number of esters is 1. The van der Waals surface area contributed by atoms with Gasteiger partial charge in [0.2, 0.25) is 5.43 Å². The molecular formula is C17H12ClNO3. The fourth-order valence-corrected chi connectivity index (χ4v) is 2.40. The molecule has 0 aliphatic rings. The van der Waals surface area contributed by atoms with Gasteiger partial charge in [0.25, 0.3) is 0 Å². The molecule has 0 spiro atoms. The second-order valence-corrected chi connectivity index (χ2v) is 5.29. The van der Waals surface area contributed by atoms with Crippen LogP contribution in [0.3, 0.4) is 0 Å². The normalized spacial score (nSPS) is 10.6. The van der Waals surface area contributed by atoms with Crippen molar-refractivity contribution in [1.82, 2.24) is 4.57 Å². The van der Waals surface area contributed by atoms with Crippen LogP contribution in [0.25, 0.3) is 10.9 Å². The van der Waals surface area contributed by atoms with Crippen LogP contribution in [-0.4, -0.2) is 10.5 Å². The molecule has 0 N–H and O–H groups in total. The standard InChI is InChI=1S/C17H12ClNO3/c1-19-10-15(22-17(21)11-5-3-2-4-6-11)16(20)13-8-7-12(18)9-14(13)19/h2-10H,1H3. The first-order valence-electron chi connectivity index (χ1n) is 6.62. The third-order valence-electron chi connectivity index (χ3n) is 3.33. The smallest absolute Gasteiger partial charge is 0.343 e. The van der Waals surface area contributed by atoms with Crippen LogP contribution >= 0.6 is 11.6 Å². The molecule has 110 valence electrons. The van der Waals surface area contributed by atoms with Gasteiger partial charge in [0.1, 0.15) is 0 Å². The van der Waals surface area contributed by atoms with Gasteiger partial charge in [-0.25, -0.2) is 4.79 Å². The van der Waals surface area contributed by atoms with E-state index in [2.05, 4.69) is 0 Å². The Hall–Kier alpha value is -2.59. The maximum atomic E-state index is 12.4. The maximum absolute atomic E-state index is 12.4. The van der Waals surface area contributed by atoms with Crippen molar-refractivity contribution in [3.63, 3.8) is 0 Å². The van der Waals surface area contributed by atoms with E-state index in [-0.39, 0.29) is 11.2 Å². The Balaban J connectivity index is 2.05. The van der Waals surface area contributed by atoms with Gasteiger partial charge >= 0.3 is 5.97 Å². The van der Waals surface area contributed by atoms with Gasteiger partial charge in [-0.15, -0.1) is 0 Å². The summed E-state index contributed by atoms with van der Waals surface area (Å²) < 4.78 is 6.95. The number of aryl methyl sites for hydroxylation is 1. The zero-order chi connectivity index (χ0) is 15.7. The Morgan fingerprint density at radius 3 is 2.59 bits per heavy atom. The van der Waals surface area contributed by atoms with E-state index in [4.69, 9.17) is 16.3 Å². The molecule has 0 bridgehead atoms. The van der Waals surface area contributed by atoms with Gasteiger partial charge in [-0.2, -0.15) is 0 Å². The average Bonchev–Trinajstić information content (AvgIpc) is 2.53. The summed E-state index contributed by atoms with van der Waals surface area (Å²) in [6.45, 7) is 0. The van der Waals surface area contributed by atoms with Gasteiger partial charge in [0, 0.05) is 17.5 Å². The molecule has 0 aliphatic carbocycles. The molecule has 0 unspecified atom stereocenters. The Kier molecular flexibility index (Phi) is 3.69. The number of carbonyl (C=O) groups excluding carboxylic acids is 1. The van der Waals surface area contributed by atoms with Crippen LogP contribution in [-0.2, 0) is 7.05 Å². The number of hydrogen-bond acceptors (Lipinski definition) is 3. The molecule has 5 heteroatoms. The Morgan fingerprint density at radius 2 is 1.86 bits per heavy atom. The molecule has 3 rings (SSSR count). The molecular weight excluding hydrogens is 302 g/mol. The van der Waals surface area contributed by atoms with Gasteiger partial charge < -0.3 is 9.30 Å². The minimum atomic E-state index is -0.564. The number of ether oxygens (including phenoxy) is 1. The number of nitrogens with zero attached hydrogens (tertiary/aromatic N) is 1. The lowest BCUT2D eigenvalue weighted by Crippen LogP contribution is -2.17. The molecule has 4 nitrogen and oxygen atoms in total. The minimum Gasteiger partial charge on any atom is -0.417 e. The zero-order valence-electron chi connectivity index (χ0n) is 11.7. The van der Waals surface area contributed by atoms with Crippen LogP contribution in [0.15, 0.2) is 59.5 Å². The molecule has 2 aromatic carbocycles. The average molecular weight is 314 g/mol. The number of rotatable bonds is 2. The highest BCUT2D eigenvalue weighted by molar-refractivity contribution is 6.31. The van der Waals surface area contributed by atoms with Gasteiger partial charge in [-0.1, -0.05) is 29.8 Å². The Morgan fingerprint density at radius 1 is 1.14 bits per heavy atom. The molecule has 0 aliphatic heterocycles. The van der Waals surface area contributed by atoms with Crippen LogP contribution in [0.1, 0.15) is 10.4 Å². The number of halogens is 1. The molecule has 1 aromatic heterocycles. The van der Waals surface area contributed by atoms with E-state index < -0.39 is 5.97 Å². The topological polar surface area (TPSA) is 48.3 Å². The van der Waals surface area contributed by atoms with Gasteiger partial charge in [-0.05, 0) is 30.3 Å². The monoisotopic (exact) mass is 313 g/mol. The highest BCUT2D eigenvalue weighted by Crippen LogP contribution is 2.19. The molecule has 0 radical (unpaired) electrons. The van der Waals surface area contributed by atoms with Crippen molar-refractivity contribution in [1.29, 1.82) is 0 Å². The quantitative estimate of drug-likeness (QED) is 0.681. The van der Waals surface area contributed by atoms with Crippen LogP contribution in [0.5, 0.6) is 5.75 Å². The van der Waals surface area contributed by atoms with E-state index >= 15 is 0 Å². The van der Waals surface area contributed by atoms with E-state index in [1.165, 1.54) is 6.20 Å². The van der Waals surface area contributed by atoms with Crippen LogP contribution in [0.2, 0.25) is 5.02 Å². The maximum Gasteiger partial charge on any atom is 0.343 e. The summed E-state index contributed by atoms with van der Waals surface area (Å²) in [4.78, 5) is 24.5. The minimum absolute atomic E-state index is 0.00817. The molecule has 1 heterocycles. The summed E-state index contributed by atoms with van der Waals surface area (Å²) in [7, 11) is 1.76. The van der Waals surface area contributed by atoms with Crippen LogP contribution < -0.4 is 10.2 Å². The third-order valence-corrected chi connectivity index (χ3v) is 3.57. The number of benzene rings is 2. The number of carbonyl (C=O) groups is 1. The predicted molar refractivity (Wildman–Crippen MR) is 85.6 cm³/mol. The van der Waals surface area contributed by atoms with Crippen molar-refractivity contribution in [2.45, 2.75) is 0 Å². The largest absolute Gasteiger partial charge is 0.417 e. The fraction of sp³-hybridized carbons (Fsp3) is 0.0588. The van der Waals surface area contributed by atoms with Crippen molar-refractivity contribution < 1.29 is 9.53 Å². The molecule has 0 amide bonds. The Labute approximate surface area is 131 Å². The van der Waals surface area contributed by atoms with E-state index in [1.807, 2.05) is 0 Å². The summed E-state index contributed by atoms with van der Waals surface area (Å²) in [6, 6.07) is 13.5.